The molecule has 2 N–H and O–H groups in total. The van der Waals surface area contributed by atoms with Gasteiger partial charge in [-0.2, -0.15) is 14.7 Å². The van der Waals surface area contributed by atoms with E-state index in [0.717, 1.165) is 39.8 Å². The molecule has 1 aromatic carbocycles. The number of rotatable bonds is 5. The standard InChI is InChI=1S/C23H24BrN7O2S/c24-20-21(15-8-10-29(11-9-15)34(32,33)18-6-7-18)28-23-19(13-27-31(23)22(20)25)16-12-26-30(14-16)17-4-2-1-3-5-17/h1-5,12-15,18H,6-11,25H2. The van der Waals surface area contributed by atoms with Gasteiger partial charge in [-0.15, -0.1) is 0 Å². The SMILES string of the molecule is Nc1c(Br)c(C2CCN(S(=O)(=O)C3CC3)CC2)nc2c(-c3cnn(-c4ccccc4)c3)cnn12. The number of piperidine rings is 1. The van der Waals surface area contributed by atoms with Crippen molar-refractivity contribution >= 4 is 37.4 Å². The van der Waals surface area contributed by atoms with Crippen LogP contribution in [0.4, 0.5) is 5.82 Å². The Morgan fingerprint density at radius 3 is 2.44 bits per heavy atom. The van der Waals surface area contributed by atoms with Crippen LogP contribution in [0.5, 0.6) is 0 Å². The predicted molar refractivity (Wildman–Crippen MR) is 133 cm³/mol. The molecule has 1 aliphatic heterocycles. The van der Waals surface area contributed by atoms with Gasteiger partial charge >= 0.3 is 0 Å². The third kappa shape index (κ3) is 3.62. The largest absolute Gasteiger partial charge is 0.383 e. The zero-order chi connectivity index (χ0) is 23.4. The summed E-state index contributed by atoms with van der Waals surface area (Å²) >= 11 is 3.63. The molecule has 0 spiro atoms. The minimum absolute atomic E-state index is 0.113. The van der Waals surface area contributed by atoms with Crippen molar-refractivity contribution in [2.75, 3.05) is 18.8 Å². The van der Waals surface area contributed by atoms with Crippen molar-refractivity contribution < 1.29 is 8.42 Å². The first-order valence-electron chi connectivity index (χ1n) is 11.4. The Kier molecular flexibility index (Phi) is 5.23. The molecule has 1 aliphatic carbocycles. The molecule has 0 atom stereocenters. The van der Waals surface area contributed by atoms with E-state index in [1.54, 1.807) is 21.2 Å². The van der Waals surface area contributed by atoms with Gasteiger partial charge in [-0.25, -0.2) is 22.4 Å². The molecule has 176 valence electrons. The van der Waals surface area contributed by atoms with Crippen molar-refractivity contribution in [3.05, 3.63) is 59.1 Å². The zero-order valence-electron chi connectivity index (χ0n) is 18.4. The van der Waals surface area contributed by atoms with Gasteiger partial charge in [0, 0.05) is 36.3 Å². The summed E-state index contributed by atoms with van der Waals surface area (Å²) in [5.74, 6) is 0.594. The molecule has 2 aliphatic rings. The maximum absolute atomic E-state index is 12.6. The third-order valence-corrected chi connectivity index (χ3v) is 9.92. The van der Waals surface area contributed by atoms with Gasteiger partial charge in [-0.3, -0.25) is 0 Å². The molecule has 2 fully saturated rings. The van der Waals surface area contributed by atoms with Crippen LogP contribution in [-0.2, 0) is 10.0 Å². The normalized spacial score (nSPS) is 18.0. The van der Waals surface area contributed by atoms with E-state index < -0.39 is 10.0 Å². The number of sulfonamides is 1. The van der Waals surface area contributed by atoms with E-state index in [0.29, 0.717) is 37.4 Å². The summed E-state index contributed by atoms with van der Waals surface area (Å²) in [5, 5.41) is 8.80. The van der Waals surface area contributed by atoms with E-state index in [1.807, 2.05) is 41.2 Å². The summed E-state index contributed by atoms with van der Waals surface area (Å²) < 4.78 is 31.1. The van der Waals surface area contributed by atoms with Crippen molar-refractivity contribution in [1.29, 1.82) is 0 Å². The highest BCUT2D eigenvalue weighted by atomic mass is 79.9. The highest BCUT2D eigenvalue weighted by Gasteiger charge is 2.41. The molecule has 0 unspecified atom stereocenters. The number of hydrogen-bond acceptors (Lipinski definition) is 6. The van der Waals surface area contributed by atoms with E-state index in [4.69, 9.17) is 10.7 Å². The number of aromatic nitrogens is 5. The first-order valence-corrected chi connectivity index (χ1v) is 13.6. The van der Waals surface area contributed by atoms with E-state index in [-0.39, 0.29) is 11.2 Å². The van der Waals surface area contributed by atoms with Crippen molar-refractivity contribution in [3.63, 3.8) is 0 Å². The van der Waals surface area contributed by atoms with Crippen LogP contribution in [0.1, 0.15) is 37.3 Å². The van der Waals surface area contributed by atoms with Crippen molar-refractivity contribution in [1.82, 2.24) is 28.7 Å². The maximum Gasteiger partial charge on any atom is 0.216 e. The Morgan fingerprint density at radius 1 is 1.00 bits per heavy atom. The lowest BCUT2D eigenvalue weighted by atomic mass is 9.94. The molecular formula is C23H24BrN7O2S. The highest BCUT2D eigenvalue weighted by Crippen LogP contribution is 2.39. The van der Waals surface area contributed by atoms with Crippen LogP contribution in [0.25, 0.3) is 22.5 Å². The van der Waals surface area contributed by atoms with Gasteiger partial charge in [-0.05, 0) is 53.7 Å². The summed E-state index contributed by atoms with van der Waals surface area (Å²) in [6, 6.07) is 9.90. The summed E-state index contributed by atoms with van der Waals surface area (Å²) in [6.07, 6.45) is 8.50. The molecule has 9 nitrogen and oxygen atoms in total. The van der Waals surface area contributed by atoms with Crippen LogP contribution in [0.2, 0.25) is 0 Å². The predicted octanol–water partition coefficient (Wildman–Crippen LogP) is 3.60. The Bertz CT molecular complexity index is 1470. The van der Waals surface area contributed by atoms with Gasteiger partial charge in [-0.1, -0.05) is 18.2 Å². The first kappa shape index (κ1) is 21.8. The van der Waals surface area contributed by atoms with Crippen LogP contribution in [0, 0.1) is 0 Å². The lowest BCUT2D eigenvalue weighted by Gasteiger charge is -2.31. The van der Waals surface area contributed by atoms with Gasteiger partial charge in [0.25, 0.3) is 0 Å². The number of halogens is 1. The molecular weight excluding hydrogens is 518 g/mol. The minimum atomic E-state index is -3.15. The summed E-state index contributed by atoms with van der Waals surface area (Å²) in [6.45, 7) is 1.03. The molecule has 4 aromatic rings. The molecule has 11 heteroatoms. The van der Waals surface area contributed by atoms with Gasteiger partial charge < -0.3 is 5.73 Å². The molecule has 34 heavy (non-hydrogen) atoms. The van der Waals surface area contributed by atoms with Crippen LogP contribution in [0.3, 0.4) is 0 Å². The molecule has 6 rings (SSSR count). The average Bonchev–Trinajstić information content (AvgIpc) is 3.47. The van der Waals surface area contributed by atoms with Crippen LogP contribution < -0.4 is 5.73 Å². The molecule has 3 aromatic heterocycles. The molecule has 1 saturated heterocycles. The van der Waals surface area contributed by atoms with Gasteiger partial charge in [0.15, 0.2) is 5.65 Å². The Hall–Kier alpha value is -2.76. The fourth-order valence-corrected chi connectivity index (χ4v) is 7.09. The van der Waals surface area contributed by atoms with E-state index in [9.17, 15) is 8.42 Å². The average molecular weight is 542 g/mol. The maximum atomic E-state index is 12.6. The Balaban J connectivity index is 1.33. The monoisotopic (exact) mass is 541 g/mol. The van der Waals surface area contributed by atoms with E-state index in [1.165, 1.54) is 0 Å². The topological polar surface area (TPSA) is 111 Å². The Morgan fingerprint density at radius 2 is 1.74 bits per heavy atom. The second-order valence-electron chi connectivity index (χ2n) is 8.92. The zero-order valence-corrected chi connectivity index (χ0v) is 20.8. The molecule has 0 radical (unpaired) electrons. The van der Waals surface area contributed by atoms with Gasteiger partial charge in [0.05, 0.1) is 33.5 Å². The third-order valence-electron chi connectivity index (χ3n) is 6.71. The number of para-hydroxylation sites is 1. The summed E-state index contributed by atoms with van der Waals surface area (Å²) in [7, 11) is -3.15. The van der Waals surface area contributed by atoms with Crippen LogP contribution >= 0.6 is 15.9 Å². The van der Waals surface area contributed by atoms with Crippen LogP contribution in [0.15, 0.2) is 53.4 Å². The number of benzene rings is 1. The number of fused-ring (bicyclic) bond motifs is 1. The number of nitrogens with zero attached hydrogens (tertiary/aromatic N) is 6. The lowest BCUT2D eigenvalue weighted by Crippen LogP contribution is -2.40. The Labute approximate surface area is 205 Å². The van der Waals surface area contributed by atoms with Gasteiger partial charge in [0.2, 0.25) is 10.0 Å². The van der Waals surface area contributed by atoms with Crippen LogP contribution in [-0.4, -0.2) is 55.4 Å². The number of nitrogen functional groups attached to an aromatic ring is 1. The van der Waals surface area contributed by atoms with E-state index >= 15 is 0 Å². The number of anilines is 1. The fourth-order valence-electron chi connectivity index (χ4n) is 4.63. The van der Waals surface area contributed by atoms with Crippen molar-refractivity contribution in [3.8, 4) is 16.8 Å². The second-order valence-corrected chi connectivity index (χ2v) is 11.9. The van der Waals surface area contributed by atoms with Crippen molar-refractivity contribution in [2.45, 2.75) is 36.9 Å². The van der Waals surface area contributed by atoms with Crippen molar-refractivity contribution in [2.24, 2.45) is 0 Å². The first-order chi connectivity index (χ1) is 16.4. The molecule has 4 heterocycles. The highest BCUT2D eigenvalue weighted by molar-refractivity contribution is 9.10. The smallest absolute Gasteiger partial charge is 0.216 e. The molecule has 0 bridgehead atoms. The fraction of sp³-hybridized carbons (Fsp3) is 0.348. The molecule has 0 amide bonds. The number of hydrogen-bond donors (Lipinski definition) is 1. The van der Waals surface area contributed by atoms with E-state index in [2.05, 4.69) is 26.1 Å². The van der Waals surface area contributed by atoms with Gasteiger partial charge in [0.1, 0.15) is 5.82 Å². The second kappa shape index (κ2) is 8.17. The number of nitrogens with two attached hydrogens (primary N) is 1. The lowest BCUT2D eigenvalue weighted by molar-refractivity contribution is 0.316. The minimum Gasteiger partial charge on any atom is -0.383 e. The summed E-state index contributed by atoms with van der Waals surface area (Å²) in [5.41, 5.74) is 10.7. The quantitative estimate of drug-likeness (QED) is 0.413. The molecule has 1 saturated carbocycles. The summed E-state index contributed by atoms with van der Waals surface area (Å²) in [4.78, 5) is 4.98.